The van der Waals surface area contributed by atoms with Crippen molar-refractivity contribution in [1.82, 2.24) is 4.57 Å². The Balaban J connectivity index is 0.783. The molecule has 1 heterocycles. The van der Waals surface area contributed by atoms with Crippen LogP contribution in [0.1, 0.15) is 22.3 Å². The van der Waals surface area contributed by atoms with E-state index in [4.69, 9.17) is 0 Å². The summed E-state index contributed by atoms with van der Waals surface area (Å²) in [7, 11) is 0. The third-order valence-corrected chi connectivity index (χ3v) is 17.3. The van der Waals surface area contributed by atoms with Crippen LogP contribution in [-0.2, 0) is 5.41 Å². The maximum Gasteiger partial charge on any atom is 0.0726 e. The minimum Gasteiger partial charge on any atom is -0.310 e. The lowest BCUT2D eigenvalue weighted by molar-refractivity contribution is 0.793. The van der Waals surface area contributed by atoms with Crippen molar-refractivity contribution < 1.29 is 0 Å². The molecule has 2 aliphatic carbocycles. The lowest BCUT2D eigenvalue weighted by Crippen LogP contribution is -2.26. The summed E-state index contributed by atoms with van der Waals surface area (Å²) in [6, 6.07) is 116. The van der Waals surface area contributed by atoms with Gasteiger partial charge in [0.2, 0.25) is 0 Å². The Kier molecular flexibility index (Phi) is 10.8. The van der Waals surface area contributed by atoms with Gasteiger partial charge in [0.1, 0.15) is 0 Å². The van der Waals surface area contributed by atoms with E-state index in [1.54, 1.807) is 0 Å². The molecular weight excluding hydrogens is 977 g/mol. The molecule has 1 aromatic heterocycles. The molecule has 0 fully saturated rings. The molecule has 13 aromatic carbocycles. The second-order valence-corrected chi connectivity index (χ2v) is 21.5. The van der Waals surface area contributed by atoms with Crippen LogP contribution in [0.15, 0.2) is 315 Å². The van der Waals surface area contributed by atoms with Crippen molar-refractivity contribution in [3.8, 4) is 83.6 Å². The number of aromatic nitrogens is 1. The maximum atomic E-state index is 2.48. The normalized spacial score (nSPS) is 12.5. The molecule has 2 aliphatic rings. The summed E-state index contributed by atoms with van der Waals surface area (Å²) in [4.78, 5) is 2.44. The lowest BCUT2D eigenvalue weighted by atomic mass is 9.70. The molecule has 1 spiro atoms. The highest BCUT2D eigenvalue weighted by molar-refractivity contribution is 6.11. The molecule has 0 amide bonds. The Hall–Kier alpha value is -10.5. The predicted molar refractivity (Wildman–Crippen MR) is 339 cm³/mol. The van der Waals surface area contributed by atoms with Gasteiger partial charge in [0, 0.05) is 33.4 Å². The molecule has 0 N–H and O–H groups in total. The van der Waals surface area contributed by atoms with Crippen LogP contribution in [0.4, 0.5) is 17.1 Å². The van der Waals surface area contributed by atoms with E-state index in [0.29, 0.717) is 0 Å². The van der Waals surface area contributed by atoms with Crippen molar-refractivity contribution >= 4 is 38.9 Å². The quantitative estimate of drug-likeness (QED) is 0.140. The average Bonchev–Trinajstić information content (AvgIpc) is 4.23. The number of rotatable bonds is 9. The number of hydrogen-bond acceptors (Lipinski definition) is 1. The van der Waals surface area contributed by atoms with Gasteiger partial charge in [-0.2, -0.15) is 0 Å². The van der Waals surface area contributed by atoms with Crippen LogP contribution < -0.4 is 4.90 Å². The number of benzene rings is 13. The van der Waals surface area contributed by atoms with E-state index in [1.807, 2.05) is 0 Å². The largest absolute Gasteiger partial charge is 0.310 e. The third kappa shape index (κ3) is 7.42. The van der Waals surface area contributed by atoms with Crippen molar-refractivity contribution in [2.45, 2.75) is 5.41 Å². The zero-order valence-corrected chi connectivity index (χ0v) is 44.4. The van der Waals surface area contributed by atoms with Gasteiger partial charge in [0.15, 0.2) is 0 Å². The summed E-state index contributed by atoms with van der Waals surface area (Å²) in [5.74, 6) is 0. The lowest BCUT2D eigenvalue weighted by Gasteiger charge is -2.32. The van der Waals surface area contributed by atoms with E-state index in [1.165, 1.54) is 111 Å². The number of hydrogen-bond donors (Lipinski definition) is 0. The van der Waals surface area contributed by atoms with Crippen molar-refractivity contribution in [2.24, 2.45) is 0 Å². The van der Waals surface area contributed by atoms with Gasteiger partial charge >= 0.3 is 0 Å². The van der Waals surface area contributed by atoms with Crippen LogP contribution in [0, 0.1) is 0 Å². The zero-order chi connectivity index (χ0) is 53.4. The van der Waals surface area contributed by atoms with Crippen molar-refractivity contribution in [2.75, 3.05) is 4.90 Å². The summed E-state index contributed by atoms with van der Waals surface area (Å²) in [5.41, 5.74) is 28.8. The molecular formula is C79H52N2. The van der Waals surface area contributed by atoms with Gasteiger partial charge in [-0.25, -0.2) is 0 Å². The Morgan fingerprint density at radius 2 is 0.593 bits per heavy atom. The molecule has 0 saturated heterocycles. The molecule has 81 heavy (non-hydrogen) atoms. The van der Waals surface area contributed by atoms with Crippen LogP contribution in [0.5, 0.6) is 0 Å². The molecule has 378 valence electrons. The Morgan fingerprint density at radius 3 is 1.14 bits per heavy atom. The monoisotopic (exact) mass is 1030 g/mol. The van der Waals surface area contributed by atoms with Gasteiger partial charge in [-0.3, -0.25) is 0 Å². The predicted octanol–water partition coefficient (Wildman–Crippen LogP) is 20.9. The summed E-state index contributed by atoms with van der Waals surface area (Å²) in [6.07, 6.45) is 0. The fourth-order valence-electron chi connectivity index (χ4n) is 13.6. The summed E-state index contributed by atoms with van der Waals surface area (Å²) in [5, 5.41) is 2.49. The van der Waals surface area contributed by atoms with E-state index < -0.39 is 5.41 Å². The Labute approximate surface area is 472 Å². The second-order valence-electron chi connectivity index (χ2n) is 21.5. The first-order valence-corrected chi connectivity index (χ1v) is 28.1. The molecule has 0 bridgehead atoms. The van der Waals surface area contributed by atoms with Crippen LogP contribution >= 0.6 is 0 Å². The van der Waals surface area contributed by atoms with Gasteiger partial charge in [-0.15, -0.1) is 0 Å². The summed E-state index contributed by atoms with van der Waals surface area (Å²) in [6.45, 7) is 0. The standard InChI is InChI=1S/C79H52N2/c1-3-17-53(18-4-1)55-31-33-56(34-32-55)58-39-44-62(45-40-58)80(64-48-50-69-68-24-9-14-28-74(68)79(75(69)52-64)72-26-12-7-22-66(72)67-23-8-13-27-73(67)79)63-46-41-59(42-47-63)57-35-37-60(38-36-57)65-21-10-15-29-76(65)81-77-30-16-11-25-70(77)71-49-43-61(51-78(71)81)54-19-5-2-6-20-54/h1-52H. The molecule has 16 rings (SSSR count). The number of fused-ring (bicyclic) bond motifs is 13. The van der Waals surface area contributed by atoms with E-state index in [9.17, 15) is 0 Å². The molecule has 2 heteroatoms. The van der Waals surface area contributed by atoms with Gasteiger partial charge < -0.3 is 9.47 Å². The van der Waals surface area contributed by atoms with E-state index in [-0.39, 0.29) is 0 Å². The molecule has 0 aliphatic heterocycles. The SMILES string of the molecule is c1ccc(-c2ccc(-c3ccc(N(c4ccc(-c5ccc(-c6ccccc6-n6c7ccccc7c7ccc(-c8ccccc8)cc76)cc5)cc4)c4ccc5c(c4)C4(c6ccccc6-c6ccccc64)c4ccccc4-5)cc3)cc2)cc1. The minimum absolute atomic E-state index is 0.456. The average molecular weight is 1030 g/mol. The van der Waals surface area contributed by atoms with Crippen LogP contribution in [0.3, 0.4) is 0 Å². The zero-order valence-electron chi connectivity index (χ0n) is 44.4. The molecule has 0 atom stereocenters. The van der Waals surface area contributed by atoms with Crippen LogP contribution in [-0.4, -0.2) is 4.57 Å². The summed E-state index contributed by atoms with van der Waals surface area (Å²) >= 11 is 0. The fourth-order valence-corrected chi connectivity index (χ4v) is 13.6. The van der Waals surface area contributed by atoms with Gasteiger partial charge in [-0.1, -0.05) is 261 Å². The van der Waals surface area contributed by atoms with Crippen LogP contribution in [0.2, 0.25) is 0 Å². The molecule has 0 radical (unpaired) electrons. The molecule has 14 aromatic rings. The first kappa shape index (κ1) is 46.5. The van der Waals surface area contributed by atoms with Gasteiger partial charge in [0.25, 0.3) is 0 Å². The van der Waals surface area contributed by atoms with E-state index >= 15 is 0 Å². The van der Waals surface area contributed by atoms with E-state index in [2.05, 4.69) is 325 Å². The highest BCUT2D eigenvalue weighted by Crippen LogP contribution is 2.63. The Bertz CT molecular complexity index is 4640. The second kappa shape index (κ2) is 18.8. The molecule has 2 nitrogen and oxygen atoms in total. The number of anilines is 3. The fraction of sp³-hybridized carbons (Fsp3) is 0.0127. The van der Waals surface area contributed by atoms with Crippen molar-refractivity contribution in [3.05, 3.63) is 338 Å². The Morgan fingerprint density at radius 1 is 0.222 bits per heavy atom. The van der Waals surface area contributed by atoms with Crippen molar-refractivity contribution in [1.29, 1.82) is 0 Å². The van der Waals surface area contributed by atoms with Gasteiger partial charge in [-0.05, 0) is 149 Å². The van der Waals surface area contributed by atoms with Crippen LogP contribution in [0.25, 0.3) is 105 Å². The first-order valence-electron chi connectivity index (χ1n) is 28.1. The highest BCUT2D eigenvalue weighted by Gasteiger charge is 2.51. The summed E-state index contributed by atoms with van der Waals surface area (Å²) < 4.78 is 2.45. The van der Waals surface area contributed by atoms with Crippen molar-refractivity contribution in [3.63, 3.8) is 0 Å². The maximum absolute atomic E-state index is 2.48. The third-order valence-electron chi connectivity index (χ3n) is 17.3. The van der Waals surface area contributed by atoms with Gasteiger partial charge in [0.05, 0.1) is 22.1 Å². The topological polar surface area (TPSA) is 8.17 Å². The first-order chi connectivity index (χ1) is 40.2. The number of para-hydroxylation sites is 2. The highest BCUT2D eigenvalue weighted by atomic mass is 15.1. The number of nitrogens with zero attached hydrogens (tertiary/aromatic N) is 2. The molecule has 0 saturated carbocycles. The van der Waals surface area contributed by atoms with E-state index in [0.717, 1.165) is 33.9 Å². The molecule has 0 unspecified atom stereocenters. The minimum atomic E-state index is -0.456. The smallest absolute Gasteiger partial charge is 0.0726 e.